The van der Waals surface area contributed by atoms with Crippen molar-refractivity contribution < 1.29 is 18.4 Å². The fourth-order valence-corrected chi connectivity index (χ4v) is 3.05. The molecule has 0 saturated heterocycles. The Kier molecular flexibility index (Phi) is 4.33. The Hall–Kier alpha value is -3.61. The van der Waals surface area contributed by atoms with E-state index in [0.29, 0.717) is 12.2 Å². The summed E-state index contributed by atoms with van der Waals surface area (Å²) in [6.07, 6.45) is 2.18. The van der Waals surface area contributed by atoms with E-state index >= 15 is 0 Å². The zero-order valence-corrected chi connectivity index (χ0v) is 14.2. The average molecular weight is 365 g/mol. The summed E-state index contributed by atoms with van der Waals surface area (Å²) in [5.74, 6) is -0.484. The molecule has 136 valence electrons. The van der Waals surface area contributed by atoms with Gasteiger partial charge in [0.2, 0.25) is 0 Å². The first-order valence-corrected chi connectivity index (χ1v) is 8.42. The van der Waals surface area contributed by atoms with Crippen molar-refractivity contribution in [1.82, 2.24) is 0 Å². The summed E-state index contributed by atoms with van der Waals surface area (Å²) in [5.41, 5.74) is 2.32. The highest BCUT2D eigenvalue weighted by Gasteiger charge is 2.27. The van der Waals surface area contributed by atoms with E-state index in [4.69, 9.17) is 4.42 Å². The van der Waals surface area contributed by atoms with Crippen LogP contribution in [-0.4, -0.2) is 18.5 Å². The van der Waals surface area contributed by atoms with E-state index in [-0.39, 0.29) is 17.4 Å². The van der Waals surface area contributed by atoms with Gasteiger partial charge in [-0.05, 0) is 48.4 Å². The highest BCUT2D eigenvalue weighted by Crippen LogP contribution is 2.32. The number of rotatable bonds is 3. The lowest BCUT2D eigenvalue weighted by Gasteiger charge is -2.17. The molecule has 0 unspecified atom stereocenters. The number of amides is 3. The molecular formula is C20H16FN3O3. The summed E-state index contributed by atoms with van der Waals surface area (Å²) < 4.78 is 18.8. The number of anilines is 3. The molecule has 3 amide bonds. The van der Waals surface area contributed by atoms with Crippen LogP contribution in [0.25, 0.3) is 0 Å². The number of fused-ring (bicyclic) bond motifs is 1. The molecule has 2 heterocycles. The number of halogens is 1. The summed E-state index contributed by atoms with van der Waals surface area (Å²) in [7, 11) is 0. The van der Waals surface area contributed by atoms with Crippen molar-refractivity contribution >= 4 is 29.0 Å². The number of para-hydroxylation sites is 1. The molecule has 7 heteroatoms. The zero-order valence-electron chi connectivity index (χ0n) is 14.2. The maximum Gasteiger partial charge on any atom is 0.323 e. The third-order valence-electron chi connectivity index (χ3n) is 4.34. The predicted molar refractivity (Wildman–Crippen MR) is 99.6 cm³/mol. The molecule has 6 nitrogen and oxygen atoms in total. The minimum Gasteiger partial charge on any atom is -0.459 e. The summed E-state index contributed by atoms with van der Waals surface area (Å²) in [6.45, 7) is 0.541. The zero-order chi connectivity index (χ0) is 18.8. The van der Waals surface area contributed by atoms with Crippen LogP contribution in [0.3, 0.4) is 0 Å². The molecular weight excluding hydrogens is 349 g/mol. The first-order chi connectivity index (χ1) is 13.1. The van der Waals surface area contributed by atoms with Gasteiger partial charge in [0.05, 0.1) is 12.0 Å². The Morgan fingerprint density at radius 2 is 1.89 bits per heavy atom. The summed E-state index contributed by atoms with van der Waals surface area (Å²) in [6, 6.07) is 14.0. The average Bonchev–Trinajstić information content (AvgIpc) is 3.32. The van der Waals surface area contributed by atoms with Crippen LogP contribution < -0.4 is 15.5 Å². The maximum absolute atomic E-state index is 13.6. The number of benzene rings is 2. The van der Waals surface area contributed by atoms with E-state index in [1.807, 2.05) is 6.07 Å². The number of carbonyl (C=O) groups is 2. The lowest BCUT2D eigenvalue weighted by atomic mass is 10.1. The van der Waals surface area contributed by atoms with E-state index in [2.05, 4.69) is 10.6 Å². The Morgan fingerprint density at radius 1 is 1.04 bits per heavy atom. The second-order valence-electron chi connectivity index (χ2n) is 6.09. The van der Waals surface area contributed by atoms with Crippen molar-refractivity contribution in [2.45, 2.75) is 6.42 Å². The molecule has 27 heavy (non-hydrogen) atoms. The van der Waals surface area contributed by atoms with E-state index in [0.717, 1.165) is 17.7 Å². The number of carbonyl (C=O) groups excluding carboxylic acids is 2. The van der Waals surface area contributed by atoms with Crippen LogP contribution in [0.4, 0.5) is 26.2 Å². The first kappa shape index (κ1) is 16.8. The number of nitrogens with one attached hydrogen (secondary N) is 2. The van der Waals surface area contributed by atoms with Gasteiger partial charge in [-0.2, -0.15) is 0 Å². The van der Waals surface area contributed by atoms with Crippen LogP contribution in [-0.2, 0) is 6.42 Å². The lowest BCUT2D eigenvalue weighted by Crippen LogP contribution is -2.28. The fourth-order valence-electron chi connectivity index (χ4n) is 3.05. The lowest BCUT2D eigenvalue weighted by molar-refractivity contribution is 0.0963. The summed E-state index contributed by atoms with van der Waals surface area (Å²) in [4.78, 5) is 26.3. The van der Waals surface area contributed by atoms with Crippen molar-refractivity contribution in [3.8, 4) is 0 Å². The van der Waals surface area contributed by atoms with Gasteiger partial charge in [-0.25, -0.2) is 9.18 Å². The quantitative estimate of drug-likeness (QED) is 0.728. The molecule has 0 fully saturated rings. The van der Waals surface area contributed by atoms with Crippen molar-refractivity contribution in [3.05, 3.63) is 78.0 Å². The third kappa shape index (κ3) is 3.39. The standard InChI is InChI=1S/C20H16FN3O3/c21-15-4-1-2-5-16(15)23-20(26)22-14-8-7-13-9-10-24(17(13)12-14)19(25)18-6-3-11-27-18/h1-8,11-12H,9-10H2,(H2,22,23,26). The number of nitrogens with zero attached hydrogens (tertiary/aromatic N) is 1. The highest BCUT2D eigenvalue weighted by molar-refractivity contribution is 6.06. The molecule has 0 atom stereocenters. The Bertz CT molecular complexity index is 1000. The number of furan rings is 1. The summed E-state index contributed by atoms with van der Waals surface area (Å²) in [5, 5.41) is 5.13. The Labute approximate surface area is 154 Å². The second-order valence-corrected chi connectivity index (χ2v) is 6.09. The molecule has 1 aromatic heterocycles. The van der Waals surface area contributed by atoms with E-state index in [1.165, 1.54) is 18.4 Å². The molecule has 1 aliphatic heterocycles. The van der Waals surface area contributed by atoms with Crippen LogP contribution in [0, 0.1) is 5.82 Å². The minimum absolute atomic E-state index is 0.0887. The van der Waals surface area contributed by atoms with Gasteiger partial charge in [-0.1, -0.05) is 18.2 Å². The van der Waals surface area contributed by atoms with Gasteiger partial charge in [-0.3, -0.25) is 4.79 Å². The SMILES string of the molecule is O=C(Nc1ccc2c(c1)N(C(=O)c1ccco1)CC2)Nc1ccccc1F. The number of hydrogen-bond donors (Lipinski definition) is 2. The van der Waals surface area contributed by atoms with Crippen molar-refractivity contribution in [2.75, 3.05) is 22.1 Å². The minimum atomic E-state index is -0.568. The second kappa shape index (κ2) is 6.95. The fraction of sp³-hybridized carbons (Fsp3) is 0.100. The molecule has 0 radical (unpaired) electrons. The van der Waals surface area contributed by atoms with Crippen LogP contribution in [0.1, 0.15) is 16.1 Å². The van der Waals surface area contributed by atoms with Crippen LogP contribution >= 0.6 is 0 Å². The van der Waals surface area contributed by atoms with Crippen LogP contribution in [0.2, 0.25) is 0 Å². The van der Waals surface area contributed by atoms with Gasteiger partial charge >= 0.3 is 6.03 Å². The van der Waals surface area contributed by atoms with Gasteiger partial charge in [0.1, 0.15) is 5.82 Å². The van der Waals surface area contributed by atoms with Crippen molar-refractivity contribution in [1.29, 1.82) is 0 Å². The van der Waals surface area contributed by atoms with Crippen molar-refractivity contribution in [2.24, 2.45) is 0 Å². The molecule has 2 N–H and O–H groups in total. The molecule has 0 spiro atoms. The maximum atomic E-state index is 13.6. The Morgan fingerprint density at radius 3 is 2.67 bits per heavy atom. The van der Waals surface area contributed by atoms with Crippen LogP contribution in [0.5, 0.6) is 0 Å². The molecule has 2 aromatic carbocycles. The normalized spacial score (nSPS) is 12.6. The van der Waals surface area contributed by atoms with Gasteiger partial charge in [-0.15, -0.1) is 0 Å². The molecule has 1 aliphatic rings. The molecule has 3 aromatic rings. The van der Waals surface area contributed by atoms with Gasteiger partial charge in [0.25, 0.3) is 5.91 Å². The monoisotopic (exact) mass is 365 g/mol. The predicted octanol–water partition coefficient (Wildman–Crippen LogP) is 4.27. The third-order valence-corrected chi connectivity index (χ3v) is 4.34. The first-order valence-electron chi connectivity index (χ1n) is 8.42. The smallest absolute Gasteiger partial charge is 0.323 e. The number of hydrogen-bond acceptors (Lipinski definition) is 3. The largest absolute Gasteiger partial charge is 0.459 e. The van der Waals surface area contributed by atoms with E-state index in [1.54, 1.807) is 41.3 Å². The van der Waals surface area contributed by atoms with E-state index in [9.17, 15) is 14.0 Å². The van der Waals surface area contributed by atoms with Crippen molar-refractivity contribution in [3.63, 3.8) is 0 Å². The molecule has 0 saturated carbocycles. The molecule has 0 aliphatic carbocycles. The van der Waals surface area contributed by atoms with Gasteiger partial charge in [0.15, 0.2) is 5.76 Å². The van der Waals surface area contributed by atoms with Gasteiger partial charge in [0, 0.05) is 17.9 Å². The van der Waals surface area contributed by atoms with Gasteiger partial charge < -0.3 is 20.0 Å². The number of urea groups is 1. The summed E-state index contributed by atoms with van der Waals surface area (Å²) >= 11 is 0. The topological polar surface area (TPSA) is 74.6 Å². The molecule has 0 bridgehead atoms. The Balaban J connectivity index is 1.51. The molecule has 4 rings (SSSR count). The van der Waals surface area contributed by atoms with Crippen LogP contribution in [0.15, 0.2) is 65.3 Å². The van der Waals surface area contributed by atoms with E-state index < -0.39 is 11.8 Å². The highest BCUT2D eigenvalue weighted by atomic mass is 19.1.